The van der Waals surface area contributed by atoms with Crippen molar-refractivity contribution < 1.29 is 23.6 Å². The van der Waals surface area contributed by atoms with E-state index in [9.17, 15) is 14.3 Å². The minimum atomic E-state index is -0.677. The molecule has 0 spiro atoms. The number of carbonyl (C=O) groups is 1. The molecule has 0 aliphatic carbocycles. The Morgan fingerprint density at radius 2 is 2.07 bits per heavy atom. The van der Waals surface area contributed by atoms with Crippen molar-refractivity contribution in [3.63, 3.8) is 0 Å². The zero-order chi connectivity index (χ0) is 22.1. The SMILES string of the molecule is Cc1ccc(-c2noc(CC(O)C3CCN(C(=O)OC(C)(C)C)CC3)n2)c(S)c1F. The van der Waals surface area contributed by atoms with Crippen molar-refractivity contribution in [2.45, 2.75) is 63.6 Å². The van der Waals surface area contributed by atoms with E-state index in [4.69, 9.17) is 9.26 Å². The molecule has 1 N–H and O–H groups in total. The number of thiol groups is 1. The van der Waals surface area contributed by atoms with Crippen molar-refractivity contribution in [1.29, 1.82) is 0 Å². The summed E-state index contributed by atoms with van der Waals surface area (Å²) in [6.07, 6.45) is 0.506. The summed E-state index contributed by atoms with van der Waals surface area (Å²) in [4.78, 5) is 18.3. The van der Waals surface area contributed by atoms with E-state index >= 15 is 0 Å². The number of aliphatic hydroxyl groups is 1. The van der Waals surface area contributed by atoms with Gasteiger partial charge in [0.2, 0.25) is 11.7 Å². The molecular weight excluding hydrogens is 409 g/mol. The van der Waals surface area contributed by atoms with Crippen LogP contribution in [0.4, 0.5) is 9.18 Å². The van der Waals surface area contributed by atoms with Crippen LogP contribution < -0.4 is 0 Å². The van der Waals surface area contributed by atoms with Gasteiger partial charge in [-0.2, -0.15) is 4.98 Å². The van der Waals surface area contributed by atoms with Gasteiger partial charge in [-0.15, -0.1) is 12.6 Å². The predicted molar refractivity (Wildman–Crippen MR) is 112 cm³/mol. The first-order chi connectivity index (χ1) is 14.0. The number of carbonyl (C=O) groups excluding carboxylic acids is 1. The Labute approximate surface area is 181 Å². The standard InChI is InChI=1S/C21H28FN3O4S/c1-12-5-6-14(18(30)17(12)22)19-23-16(29-24-19)11-15(26)13-7-9-25(10-8-13)20(27)28-21(2,3)4/h5-6,13,15,26,30H,7-11H2,1-4H3. The number of halogens is 1. The van der Waals surface area contributed by atoms with Gasteiger partial charge in [0.1, 0.15) is 11.4 Å². The number of benzene rings is 1. The van der Waals surface area contributed by atoms with E-state index in [2.05, 4.69) is 22.8 Å². The number of nitrogens with zero attached hydrogens (tertiary/aromatic N) is 3. The van der Waals surface area contributed by atoms with E-state index in [1.54, 1.807) is 24.0 Å². The molecule has 0 saturated carbocycles. The first-order valence-corrected chi connectivity index (χ1v) is 10.5. The van der Waals surface area contributed by atoms with Crippen LogP contribution in [0.25, 0.3) is 11.4 Å². The molecule has 1 unspecified atom stereocenters. The number of likely N-dealkylation sites (tertiary alicyclic amines) is 1. The average molecular weight is 438 g/mol. The van der Waals surface area contributed by atoms with Crippen LogP contribution in [0.5, 0.6) is 0 Å². The van der Waals surface area contributed by atoms with Gasteiger partial charge >= 0.3 is 6.09 Å². The average Bonchev–Trinajstić information content (AvgIpc) is 3.13. The van der Waals surface area contributed by atoms with Crippen LogP contribution in [0, 0.1) is 18.7 Å². The van der Waals surface area contributed by atoms with Crippen LogP contribution in [0.15, 0.2) is 21.6 Å². The minimum absolute atomic E-state index is 0.0105. The van der Waals surface area contributed by atoms with Crippen molar-refractivity contribution in [1.82, 2.24) is 15.0 Å². The second kappa shape index (κ2) is 8.93. The topological polar surface area (TPSA) is 88.7 Å². The van der Waals surface area contributed by atoms with Gasteiger partial charge in [-0.1, -0.05) is 11.2 Å². The van der Waals surface area contributed by atoms with E-state index in [0.717, 1.165) is 0 Å². The van der Waals surface area contributed by atoms with Crippen LogP contribution >= 0.6 is 12.6 Å². The number of hydrogen-bond acceptors (Lipinski definition) is 7. The Morgan fingerprint density at radius 3 is 2.70 bits per heavy atom. The maximum atomic E-state index is 14.1. The summed E-state index contributed by atoms with van der Waals surface area (Å²) in [6.45, 7) is 8.21. The zero-order valence-electron chi connectivity index (χ0n) is 17.7. The lowest BCUT2D eigenvalue weighted by molar-refractivity contribution is 0.00709. The molecule has 1 aliphatic heterocycles. The van der Waals surface area contributed by atoms with Crippen molar-refractivity contribution >= 4 is 18.7 Å². The molecule has 1 aliphatic rings. The summed E-state index contributed by atoms with van der Waals surface area (Å²) >= 11 is 4.22. The second-order valence-corrected chi connectivity index (χ2v) is 9.13. The van der Waals surface area contributed by atoms with E-state index in [1.807, 2.05) is 20.8 Å². The van der Waals surface area contributed by atoms with Crippen LogP contribution in [-0.2, 0) is 11.2 Å². The summed E-state index contributed by atoms with van der Waals surface area (Å²) in [7, 11) is 0. The summed E-state index contributed by atoms with van der Waals surface area (Å²) in [5.74, 6) is 0.108. The Bertz CT molecular complexity index is 904. The number of rotatable bonds is 4. The third-order valence-corrected chi connectivity index (χ3v) is 5.57. The van der Waals surface area contributed by atoms with Crippen molar-refractivity contribution in [2.24, 2.45) is 5.92 Å². The van der Waals surface area contributed by atoms with Gasteiger partial charge in [-0.3, -0.25) is 0 Å². The molecule has 30 heavy (non-hydrogen) atoms. The van der Waals surface area contributed by atoms with Gasteiger partial charge in [0.05, 0.1) is 17.4 Å². The van der Waals surface area contributed by atoms with E-state index < -0.39 is 17.5 Å². The van der Waals surface area contributed by atoms with Gasteiger partial charge in [0, 0.05) is 18.7 Å². The second-order valence-electron chi connectivity index (χ2n) is 8.68. The molecule has 164 valence electrons. The highest BCUT2D eigenvalue weighted by Crippen LogP contribution is 2.29. The van der Waals surface area contributed by atoms with E-state index in [-0.39, 0.29) is 35.0 Å². The fourth-order valence-electron chi connectivity index (χ4n) is 3.43. The molecule has 0 radical (unpaired) electrons. The highest BCUT2D eigenvalue weighted by atomic mass is 32.1. The molecule has 2 heterocycles. The largest absolute Gasteiger partial charge is 0.444 e. The number of aryl methyl sites for hydroxylation is 1. The number of aliphatic hydroxyl groups excluding tert-OH is 1. The van der Waals surface area contributed by atoms with E-state index in [1.165, 1.54) is 0 Å². The molecule has 3 rings (SSSR count). The molecular formula is C21H28FN3O4S. The Hall–Kier alpha value is -2.13. The maximum Gasteiger partial charge on any atom is 0.410 e. The fraction of sp³-hybridized carbons (Fsp3) is 0.571. The molecule has 1 fully saturated rings. The lowest BCUT2D eigenvalue weighted by atomic mass is 9.90. The first kappa shape index (κ1) is 22.6. The maximum absolute atomic E-state index is 14.1. The highest BCUT2D eigenvalue weighted by Gasteiger charge is 2.31. The molecule has 1 aromatic heterocycles. The number of aromatic nitrogens is 2. The quantitative estimate of drug-likeness (QED) is 0.703. The van der Waals surface area contributed by atoms with Crippen molar-refractivity contribution in [3.8, 4) is 11.4 Å². The van der Waals surface area contributed by atoms with Crippen LogP contribution in [0.1, 0.15) is 45.1 Å². The fourth-order valence-corrected chi connectivity index (χ4v) is 3.78. The molecule has 1 amide bonds. The number of ether oxygens (including phenoxy) is 1. The normalized spacial score (nSPS) is 16.6. The highest BCUT2D eigenvalue weighted by molar-refractivity contribution is 7.80. The number of piperidine rings is 1. The van der Waals surface area contributed by atoms with Crippen LogP contribution in [0.2, 0.25) is 0 Å². The van der Waals surface area contributed by atoms with E-state index in [0.29, 0.717) is 37.1 Å². The third kappa shape index (κ3) is 5.31. The smallest absolute Gasteiger partial charge is 0.410 e. The summed E-state index contributed by atoms with van der Waals surface area (Å²) in [5, 5.41) is 14.5. The lowest BCUT2D eigenvalue weighted by Gasteiger charge is -2.34. The van der Waals surface area contributed by atoms with Gasteiger partial charge in [0.25, 0.3) is 0 Å². The number of hydrogen-bond donors (Lipinski definition) is 2. The predicted octanol–water partition coefficient (Wildman–Crippen LogP) is 4.02. The van der Waals surface area contributed by atoms with Crippen LogP contribution in [-0.4, -0.2) is 51.0 Å². The molecule has 0 bridgehead atoms. The van der Waals surface area contributed by atoms with Gasteiger partial charge in [0.15, 0.2) is 0 Å². The molecule has 9 heteroatoms. The molecule has 1 aromatic carbocycles. The van der Waals surface area contributed by atoms with Gasteiger partial charge < -0.3 is 19.3 Å². The number of amides is 1. The zero-order valence-corrected chi connectivity index (χ0v) is 18.6. The van der Waals surface area contributed by atoms with Crippen LogP contribution in [0.3, 0.4) is 0 Å². The van der Waals surface area contributed by atoms with Gasteiger partial charge in [-0.25, -0.2) is 9.18 Å². The van der Waals surface area contributed by atoms with Gasteiger partial charge in [-0.05, 0) is 58.1 Å². The van der Waals surface area contributed by atoms with Crippen molar-refractivity contribution in [3.05, 3.63) is 29.4 Å². The monoisotopic (exact) mass is 437 g/mol. The summed E-state index contributed by atoms with van der Waals surface area (Å²) in [5.41, 5.74) is 0.397. The van der Waals surface area contributed by atoms with Crippen molar-refractivity contribution in [2.75, 3.05) is 13.1 Å². The summed E-state index contributed by atoms with van der Waals surface area (Å²) in [6, 6.07) is 3.33. The Morgan fingerprint density at radius 1 is 1.40 bits per heavy atom. The molecule has 2 aromatic rings. The lowest BCUT2D eigenvalue weighted by Crippen LogP contribution is -2.43. The molecule has 7 nitrogen and oxygen atoms in total. The summed E-state index contributed by atoms with van der Waals surface area (Å²) < 4.78 is 24.7. The Kier molecular flexibility index (Phi) is 6.71. The molecule has 1 saturated heterocycles. The molecule has 1 atom stereocenters. The first-order valence-electron chi connectivity index (χ1n) is 10.0. The third-order valence-electron chi connectivity index (χ3n) is 5.14. The Balaban J connectivity index is 1.57. The minimum Gasteiger partial charge on any atom is -0.444 e.